The molecule has 15 heavy (non-hydrogen) atoms. The largest absolute Gasteiger partial charge is 0.380 e. The Morgan fingerprint density at radius 3 is 3.00 bits per heavy atom. The van der Waals surface area contributed by atoms with Crippen LogP contribution in [0.2, 0.25) is 0 Å². The van der Waals surface area contributed by atoms with Crippen LogP contribution in [0.25, 0.3) is 0 Å². The Morgan fingerprint density at radius 1 is 1.33 bits per heavy atom. The first kappa shape index (κ1) is 11.4. The minimum atomic E-state index is 0.758. The van der Waals surface area contributed by atoms with Crippen LogP contribution in [0.15, 0.2) is 0 Å². The normalized spacial score (nSPS) is 32.6. The van der Waals surface area contributed by atoms with Gasteiger partial charge < -0.3 is 10.1 Å². The molecule has 88 valence electrons. The molecule has 2 unspecified atom stereocenters. The lowest BCUT2D eigenvalue weighted by Gasteiger charge is -2.29. The number of hydrogen-bond donors (Lipinski definition) is 1. The Hall–Kier alpha value is -0.120. The first-order chi connectivity index (χ1) is 7.42. The average molecular weight is 212 g/mol. The van der Waals surface area contributed by atoms with E-state index < -0.39 is 0 Å². The van der Waals surface area contributed by atoms with Crippen LogP contribution in [0.3, 0.4) is 0 Å². The van der Waals surface area contributed by atoms with Gasteiger partial charge in [0.25, 0.3) is 0 Å². The van der Waals surface area contributed by atoms with E-state index in [-0.39, 0.29) is 0 Å². The number of likely N-dealkylation sites (tertiary alicyclic amines) is 1. The second-order valence-corrected chi connectivity index (χ2v) is 4.65. The van der Waals surface area contributed by atoms with Crippen molar-refractivity contribution in [3.8, 4) is 0 Å². The lowest BCUT2D eigenvalue weighted by Crippen LogP contribution is -2.45. The lowest BCUT2D eigenvalue weighted by molar-refractivity contribution is 0.102. The van der Waals surface area contributed by atoms with Crippen LogP contribution < -0.4 is 5.32 Å². The molecule has 0 aromatic heterocycles. The molecular formula is C12H24N2O. The lowest BCUT2D eigenvalue weighted by atomic mass is 10.0. The maximum absolute atomic E-state index is 5.44. The van der Waals surface area contributed by atoms with Gasteiger partial charge in [0.05, 0.1) is 6.61 Å². The Bertz CT molecular complexity index is 180. The zero-order chi connectivity index (χ0) is 10.5. The third-order valence-corrected chi connectivity index (χ3v) is 3.70. The van der Waals surface area contributed by atoms with E-state index in [0.29, 0.717) is 0 Å². The number of nitrogens with one attached hydrogen (secondary N) is 1. The van der Waals surface area contributed by atoms with Gasteiger partial charge in [-0.05, 0) is 45.7 Å². The third kappa shape index (κ3) is 2.92. The van der Waals surface area contributed by atoms with E-state index in [4.69, 9.17) is 4.74 Å². The fourth-order valence-corrected chi connectivity index (χ4v) is 2.95. The van der Waals surface area contributed by atoms with Gasteiger partial charge in [-0.15, -0.1) is 0 Å². The minimum Gasteiger partial charge on any atom is -0.380 e. The van der Waals surface area contributed by atoms with E-state index in [1.54, 1.807) is 0 Å². The molecule has 0 spiro atoms. The quantitative estimate of drug-likeness (QED) is 0.694. The van der Waals surface area contributed by atoms with Crippen LogP contribution in [0.4, 0.5) is 0 Å². The first-order valence-electron chi connectivity index (χ1n) is 6.47. The standard InChI is InChI=1S/C12H24N2O/c1-2-15-10-9-14-8-4-6-12(14)11-5-3-7-13-11/h11-13H,2-10H2,1H3. The van der Waals surface area contributed by atoms with Gasteiger partial charge in [-0.1, -0.05) is 0 Å². The zero-order valence-electron chi connectivity index (χ0n) is 9.87. The summed E-state index contributed by atoms with van der Waals surface area (Å²) >= 11 is 0. The SMILES string of the molecule is CCOCCN1CCCC1C1CCCN1. The third-order valence-electron chi connectivity index (χ3n) is 3.70. The van der Waals surface area contributed by atoms with Gasteiger partial charge in [-0.2, -0.15) is 0 Å². The molecule has 2 rings (SSSR count). The second-order valence-electron chi connectivity index (χ2n) is 4.65. The van der Waals surface area contributed by atoms with Gasteiger partial charge in [0.1, 0.15) is 0 Å². The van der Waals surface area contributed by atoms with E-state index in [1.165, 1.54) is 38.8 Å². The summed E-state index contributed by atoms with van der Waals surface area (Å²) in [6, 6.07) is 1.54. The molecule has 2 aliphatic heterocycles. The van der Waals surface area contributed by atoms with Crippen LogP contribution in [0, 0.1) is 0 Å². The molecule has 3 nitrogen and oxygen atoms in total. The summed E-state index contributed by atoms with van der Waals surface area (Å²) in [7, 11) is 0. The van der Waals surface area contributed by atoms with Crippen molar-refractivity contribution >= 4 is 0 Å². The number of hydrogen-bond acceptors (Lipinski definition) is 3. The highest BCUT2D eigenvalue weighted by atomic mass is 16.5. The molecule has 0 aliphatic carbocycles. The summed E-state index contributed by atoms with van der Waals surface area (Å²) in [6.45, 7) is 7.44. The van der Waals surface area contributed by atoms with Crippen molar-refractivity contribution in [2.45, 2.75) is 44.7 Å². The van der Waals surface area contributed by atoms with Gasteiger partial charge in [0.15, 0.2) is 0 Å². The number of ether oxygens (including phenoxy) is 1. The summed E-state index contributed by atoms with van der Waals surface area (Å²) in [5, 5.41) is 3.64. The molecule has 0 radical (unpaired) electrons. The van der Waals surface area contributed by atoms with Crippen molar-refractivity contribution in [3.63, 3.8) is 0 Å². The van der Waals surface area contributed by atoms with Crippen molar-refractivity contribution < 1.29 is 4.74 Å². The summed E-state index contributed by atoms with van der Waals surface area (Å²) in [5.74, 6) is 0. The van der Waals surface area contributed by atoms with Crippen molar-refractivity contribution in [2.75, 3.05) is 32.8 Å². The molecule has 3 heteroatoms. The van der Waals surface area contributed by atoms with E-state index >= 15 is 0 Å². The number of nitrogens with zero attached hydrogens (tertiary/aromatic N) is 1. The zero-order valence-corrected chi connectivity index (χ0v) is 9.87. The number of rotatable bonds is 5. The van der Waals surface area contributed by atoms with Crippen LogP contribution in [-0.2, 0) is 4.74 Å². The first-order valence-corrected chi connectivity index (χ1v) is 6.47. The Labute approximate surface area is 93.2 Å². The van der Waals surface area contributed by atoms with E-state index in [9.17, 15) is 0 Å². The Morgan fingerprint density at radius 2 is 2.27 bits per heavy atom. The predicted molar refractivity (Wildman–Crippen MR) is 62.1 cm³/mol. The molecule has 2 heterocycles. The van der Waals surface area contributed by atoms with Crippen LogP contribution in [0.5, 0.6) is 0 Å². The molecule has 2 saturated heterocycles. The Balaban J connectivity index is 1.76. The molecule has 0 saturated carbocycles. The molecule has 2 aliphatic rings. The van der Waals surface area contributed by atoms with Crippen molar-refractivity contribution in [1.82, 2.24) is 10.2 Å². The molecule has 1 N–H and O–H groups in total. The van der Waals surface area contributed by atoms with Gasteiger partial charge in [-0.3, -0.25) is 4.90 Å². The summed E-state index contributed by atoms with van der Waals surface area (Å²) in [6.07, 6.45) is 5.48. The molecule has 2 atom stereocenters. The highest BCUT2D eigenvalue weighted by Gasteiger charge is 2.32. The smallest absolute Gasteiger partial charge is 0.0593 e. The topological polar surface area (TPSA) is 24.5 Å². The molecule has 0 amide bonds. The highest BCUT2D eigenvalue weighted by Crippen LogP contribution is 2.24. The molecule has 2 fully saturated rings. The van der Waals surface area contributed by atoms with Gasteiger partial charge in [-0.25, -0.2) is 0 Å². The summed E-state index contributed by atoms with van der Waals surface area (Å²) in [5.41, 5.74) is 0. The maximum atomic E-state index is 5.44. The van der Waals surface area contributed by atoms with E-state index in [1.807, 2.05) is 0 Å². The van der Waals surface area contributed by atoms with Crippen molar-refractivity contribution in [1.29, 1.82) is 0 Å². The van der Waals surface area contributed by atoms with Crippen LogP contribution >= 0.6 is 0 Å². The predicted octanol–water partition coefficient (Wildman–Crippen LogP) is 1.24. The second kappa shape index (κ2) is 5.83. The van der Waals surface area contributed by atoms with Gasteiger partial charge in [0, 0.05) is 25.2 Å². The van der Waals surface area contributed by atoms with E-state index in [2.05, 4.69) is 17.1 Å². The molecule has 0 aromatic rings. The van der Waals surface area contributed by atoms with E-state index in [0.717, 1.165) is 31.8 Å². The summed E-state index contributed by atoms with van der Waals surface area (Å²) in [4.78, 5) is 2.62. The van der Waals surface area contributed by atoms with Crippen molar-refractivity contribution in [3.05, 3.63) is 0 Å². The highest BCUT2D eigenvalue weighted by molar-refractivity contribution is 4.91. The minimum absolute atomic E-state index is 0.758. The van der Waals surface area contributed by atoms with Gasteiger partial charge in [0.2, 0.25) is 0 Å². The van der Waals surface area contributed by atoms with Crippen LogP contribution in [-0.4, -0.2) is 49.8 Å². The summed E-state index contributed by atoms with van der Waals surface area (Å²) < 4.78 is 5.44. The maximum Gasteiger partial charge on any atom is 0.0593 e. The monoisotopic (exact) mass is 212 g/mol. The van der Waals surface area contributed by atoms with Crippen LogP contribution in [0.1, 0.15) is 32.6 Å². The molecular weight excluding hydrogens is 188 g/mol. The average Bonchev–Trinajstić information content (AvgIpc) is 2.87. The molecule has 0 bridgehead atoms. The fraction of sp³-hybridized carbons (Fsp3) is 1.00. The van der Waals surface area contributed by atoms with Crippen molar-refractivity contribution in [2.24, 2.45) is 0 Å². The van der Waals surface area contributed by atoms with Gasteiger partial charge >= 0.3 is 0 Å². The molecule has 0 aromatic carbocycles. The fourth-order valence-electron chi connectivity index (χ4n) is 2.95. The Kier molecular flexibility index (Phi) is 4.42.